The Hall–Kier alpha value is -3.26. The zero-order chi connectivity index (χ0) is 29.5. The minimum absolute atomic E-state index is 0. The average Bonchev–Trinajstić information content (AvgIpc) is 3.15. The van der Waals surface area contributed by atoms with E-state index in [-0.39, 0.29) is 25.4 Å². The Balaban J connectivity index is 0.00000111. The van der Waals surface area contributed by atoms with E-state index >= 15 is 0 Å². The number of halogens is 1. The standard InChI is InChI=1S/C27H32ClN5O.C3H7N.C2H6.CH4/c1-3-32(18-29)17-20-5-4-6-23(14-20)31-27(34)26-16-30-11-12-33(26)25-13-19(2)7-8-21-15-22(28)9-10-24(21)25;1-2-3-4;1-2;/h3-6,9-10,13-15,18,25-26,29-30H,1,7-8,11-12,16-17H2,2H3,(H,31,34);3-4H,2H2,1H3;1-2H3;1H4/t25-,26+;;;/m0.../s1. The number of piperazine rings is 1. The van der Waals surface area contributed by atoms with Crippen LogP contribution >= 0.6 is 11.6 Å². The fourth-order valence-corrected chi connectivity index (χ4v) is 4.97. The molecule has 0 unspecified atom stereocenters. The molecule has 0 aromatic heterocycles. The largest absolute Gasteiger partial charge is 0.336 e. The number of amides is 1. The molecule has 1 aliphatic carbocycles. The molecule has 8 heteroatoms. The van der Waals surface area contributed by atoms with Crippen LogP contribution in [0.15, 0.2) is 66.9 Å². The maximum atomic E-state index is 13.5. The van der Waals surface area contributed by atoms with Crippen LogP contribution in [0.4, 0.5) is 5.69 Å². The van der Waals surface area contributed by atoms with Crippen molar-refractivity contribution in [1.29, 1.82) is 10.8 Å². The topological polar surface area (TPSA) is 95.3 Å². The van der Waals surface area contributed by atoms with Crippen LogP contribution < -0.4 is 10.6 Å². The molecule has 7 nitrogen and oxygen atoms in total. The number of benzene rings is 2. The summed E-state index contributed by atoms with van der Waals surface area (Å²) in [5.74, 6) is -0.0252. The quantitative estimate of drug-likeness (QED) is 0.148. The van der Waals surface area contributed by atoms with Gasteiger partial charge in [0.15, 0.2) is 0 Å². The van der Waals surface area contributed by atoms with Crippen molar-refractivity contribution in [2.24, 2.45) is 0 Å². The lowest BCUT2D eigenvalue weighted by Crippen LogP contribution is -2.57. The van der Waals surface area contributed by atoms with Gasteiger partial charge in [-0.2, -0.15) is 0 Å². The average molecular weight is 581 g/mol. The summed E-state index contributed by atoms with van der Waals surface area (Å²) in [6, 6.07) is 13.6. The van der Waals surface area contributed by atoms with Gasteiger partial charge in [0.2, 0.25) is 5.91 Å². The summed E-state index contributed by atoms with van der Waals surface area (Å²) in [4.78, 5) is 17.5. The molecule has 1 amide bonds. The summed E-state index contributed by atoms with van der Waals surface area (Å²) < 4.78 is 0. The smallest absolute Gasteiger partial charge is 0.243 e. The van der Waals surface area contributed by atoms with Crippen LogP contribution in [0.2, 0.25) is 5.02 Å². The second-order valence-corrected chi connectivity index (χ2v) is 9.98. The third-order valence-electron chi connectivity index (χ3n) is 6.76. The number of nitrogens with zero attached hydrogens (tertiary/aromatic N) is 2. The Morgan fingerprint density at radius 3 is 2.61 bits per heavy atom. The monoisotopic (exact) mass is 580 g/mol. The first-order chi connectivity index (χ1) is 19.4. The Morgan fingerprint density at radius 1 is 1.22 bits per heavy atom. The fourth-order valence-electron chi connectivity index (χ4n) is 4.77. The molecule has 0 bridgehead atoms. The summed E-state index contributed by atoms with van der Waals surface area (Å²) in [6.45, 7) is 14.6. The second-order valence-electron chi connectivity index (χ2n) is 9.54. The molecule has 224 valence electrons. The number of aryl methyl sites for hydroxylation is 1. The molecule has 0 spiro atoms. The maximum Gasteiger partial charge on any atom is 0.243 e. The van der Waals surface area contributed by atoms with E-state index in [4.69, 9.17) is 22.4 Å². The van der Waals surface area contributed by atoms with Crippen molar-refractivity contribution < 1.29 is 4.79 Å². The van der Waals surface area contributed by atoms with Crippen molar-refractivity contribution in [3.63, 3.8) is 0 Å². The molecule has 1 fully saturated rings. The maximum absolute atomic E-state index is 13.5. The summed E-state index contributed by atoms with van der Waals surface area (Å²) in [7, 11) is 0. The molecule has 4 N–H and O–H groups in total. The van der Waals surface area contributed by atoms with Crippen LogP contribution in [0.25, 0.3) is 0 Å². The predicted octanol–water partition coefficient (Wildman–Crippen LogP) is 7.45. The lowest BCUT2D eigenvalue weighted by molar-refractivity contribution is -0.122. The highest BCUT2D eigenvalue weighted by Crippen LogP contribution is 2.35. The minimum Gasteiger partial charge on any atom is -0.336 e. The van der Waals surface area contributed by atoms with Gasteiger partial charge in [-0.25, -0.2) is 0 Å². The van der Waals surface area contributed by atoms with Crippen molar-refractivity contribution in [3.05, 3.63) is 88.6 Å². The SMILES string of the molecule is C.C=CN(C=N)Cc1cccc(NC(=O)[C@H]2CNCCN2[C@H]2C=C(C)CCc3cc(Cl)ccc32)c1.CC.CCC=N. The van der Waals surface area contributed by atoms with Crippen LogP contribution in [0.3, 0.4) is 0 Å². The molecule has 41 heavy (non-hydrogen) atoms. The van der Waals surface area contributed by atoms with E-state index in [1.54, 1.807) is 11.1 Å². The van der Waals surface area contributed by atoms with E-state index in [2.05, 4.69) is 47.2 Å². The first-order valence-electron chi connectivity index (χ1n) is 14.1. The van der Waals surface area contributed by atoms with Gasteiger partial charge in [0.05, 0.1) is 12.4 Å². The molecular formula is C33H49ClN6O. The first-order valence-corrected chi connectivity index (χ1v) is 14.5. The van der Waals surface area contributed by atoms with Crippen molar-refractivity contribution in [1.82, 2.24) is 15.1 Å². The number of carbonyl (C=O) groups is 1. The lowest BCUT2D eigenvalue weighted by Gasteiger charge is -2.40. The zero-order valence-electron chi connectivity index (χ0n) is 24.3. The highest BCUT2D eigenvalue weighted by Gasteiger charge is 2.35. The Labute approximate surface area is 252 Å². The summed E-state index contributed by atoms with van der Waals surface area (Å²) in [5.41, 5.74) is 5.57. The number of hydrogen-bond donors (Lipinski definition) is 4. The molecule has 2 aromatic carbocycles. The molecule has 2 atom stereocenters. The van der Waals surface area contributed by atoms with E-state index in [0.717, 1.165) is 48.6 Å². The van der Waals surface area contributed by atoms with Crippen LogP contribution in [-0.4, -0.2) is 53.9 Å². The molecular weight excluding hydrogens is 532 g/mol. The van der Waals surface area contributed by atoms with Crippen LogP contribution in [-0.2, 0) is 17.8 Å². The number of rotatable bonds is 8. The molecule has 0 radical (unpaired) electrons. The highest BCUT2D eigenvalue weighted by atomic mass is 35.5. The summed E-state index contributed by atoms with van der Waals surface area (Å²) >= 11 is 6.31. The van der Waals surface area contributed by atoms with E-state index in [9.17, 15) is 4.79 Å². The van der Waals surface area contributed by atoms with Gasteiger partial charge in [0.1, 0.15) is 6.04 Å². The molecule has 1 saturated heterocycles. The second kappa shape index (κ2) is 19.0. The fraction of sp³-hybridized carbons (Fsp3) is 0.424. The van der Waals surface area contributed by atoms with Gasteiger partial charge in [0.25, 0.3) is 0 Å². The van der Waals surface area contributed by atoms with Gasteiger partial charge >= 0.3 is 0 Å². The van der Waals surface area contributed by atoms with Gasteiger partial charge in [-0.05, 0) is 79.6 Å². The van der Waals surface area contributed by atoms with Gasteiger partial charge in [-0.3, -0.25) is 15.1 Å². The summed E-state index contributed by atoms with van der Waals surface area (Å²) in [5, 5.41) is 21.1. The predicted molar refractivity (Wildman–Crippen MR) is 176 cm³/mol. The molecule has 2 aromatic rings. The van der Waals surface area contributed by atoms with Gasteiger partial charge in [-0.15, -0.1) is 0 Å². The van der Waals surface area contributed by atoms with Gasteiger partial charge < -0.3 is 20.9 Å². The van der Waals surface area contributed by atoms with Gasteiger partial charge in [0, 0.05) is 36.9 Å². The number of hydrogen-bond acceptors (Lipinski definition) is 5. The molecule has 0 saturated carbocycles. The number of carbonyl (C=O) groups excluding carboxylic acids is 1. The van der Waals surface area contributed by atoms with Gasteiger partial charge in [-0.1, -0.05) is 76.2 Å². The minimum atomic E-state index is -0.306. The van der Waals surface area contributed by atoms with Crippen molar-refractivity contribution in [2.75, 3.05) is 25.0 Å². The third-order valence-corrected chi connectivity index (χ3v) is 7.00. The van der Waals surface area contributed by atoms with E-state index in [0.29, 0.717) is 13.1 Å². The zero-order valence-corrected chi connectivity index (χ0v) is 25.1. The number of fused-ring (bicyclic) bond motifs is 1. The van der Waals surface area contributed by atoms with E-state index in [1.807, 2.05) is 51.1 Å². The Kier molecular flexibility index (Phi) is 16.5. The number of anilines is 1. The highest BCUT2D eigenvalue weighted by molar-refractivity contribution is 6.30. The van der Waals surface area contributed by atoms with E-state index < -0.39 is 0 Å². The Bertz CT molecular complexity index is 1160. The first kappa shape index (κ1) is 35.8. The van der Waals surface area contributed by atoms with Crippen LogP contribution in [0.5, 0.6) is 0 Å². The number of nitrogens with one attached hydrogen (secondary N) is 4. The lowest BCUT2D eigenvalue weighted by atomic mass is 9.96. The molecule has 2 aliphatic rings. The third kappa shape index (κ3) is 10.6. The normalized spacial score (nSPS) is 17.7. The summed E-state index contributed by atoms with van der Waals surface area (Å²) in [6.07, 6.45) is 9.35. The van der Waals surface area contributed by atoms with Crippen molar-refractivity contribution >= 4 is 35.7 Å². The van der Waals surface area contributed by atoms with Crippen molar-refractivity contribution in [3.8, 4) is 0 Å². The molecule has 4 rings (SSSR count). The van der Waals surface area contributed by atoms with Crippen LogP contribution in [0, 0.1) is 10.8 Å². The molecule has 1 heterocycles. The van der Waals surface area contributed by atoms with Crippen LogP contribution in [0.1, 0.15) is 70.7 Å². The van der Waals surface area contributed by atoms with E-state index in [1.165, 1.54) is 29.3 Å². The Morgan fingerprint density at radius 2 is 1.95 bits per heavy atom. The molecule has 1 aliphatic heterocycles. The number of allylic oxidation sites excluding steroid dienone is 1. The van der Waals surface area contributed by atoms with Crippen molar-refractivity contribution in [2.45, 2.75) is 73.0 Å².